The van der Waals surface area contributed by atoms with E-state index in [2.05, 4.69) is 18.7 Å². The molecule has 1 fully saturated rings. The third-order valence-corrected chi connectivity index (χ3v) is 4.14. The maximum atomic E-state index is 11.6. The van der Waals surface area contributed by atoms with Gasteiger partial charge in [-0.3, -0.25) is 9.69 Å². The van der Waals surface area contributed by atoms with Gasteiger partial charge in [0.05, 0.1) is 6.61 Å². The quantitative estimate of drug-likeness (QED) is 0.770. The van der Waals surface area contributed by atoms with Crippen LogP contribution in [0.2, 0.25) is 0 Å². The Balaban J connectivity index is 2.20. The van der Waals surface area contributed by atoms with Gasteiger partial charge in [-0.25, -0.2) is 0 Å². The minimum atomic E-state index is 0.110. The van der Waals surface area contributed by atoms with Crippen molar-refractivity contribution in [2.45, 2.75) is 47.1 Å². The van der Waals surface area contributed by atoms with Gasteiger partial charge in [0, 0.05) is 24.2 Å². The molecule has 0 unspecified atom stereocenters. The Kier molecular flexibility index (Phi) is 5.04. The third kappa shape index (κ3) is 4.31. The number of carbonyl (C=O) groups excluding carboxylic acids is 1. The molecule has 1 aromatic rings. The SMILES string of the molecule is CCOc1ccc(C(C)=O)cc1CN1CCCC(C)(C)C1. The Hall–Kier alpha value is -1.35. The lowest BCUT2D eigenvalue weighted by atomic mass is 9.84. The predicted octanol–water partition coefficient (Wildman–Crippen LogP) is 3.91. The number of likely N-dealkylation sites (tertiary alicyclic amines) is 1. The fourth-order valence-corrected chi connectivity index (χ4v) is 3.14. The number of nitrogens with zero attached hydrogens (tertiary/aromatic N) is 1. The number of rotatable bonds is 5. The average Bonchev–Trinajstić information content (AvgIpc) is 2.39. The molecule has 1 aliphatic rings. The Bertz CT molecular complexity index is 508. The van der Waals surface area contributed by atoms with Crippen LogP contribution in [0.1, 0.15) is 56.5 Å². The number of benzene rings is 1. The highest BCUT2D eigenvalue weighted by atomic mass is 16.5. The number of ketones is 1. The highest BCUT2D eigenvalue weighted by Crippen LogP contribution is 2.31. The van der Waals surface area contributed by atoms with E-state index in [-0.39, 0.29) is 5.78 Å². The Morgan fingerprint density at radius 3 is 2.76 bits per heavy atom. The summed E-state index contributed by atoms with van der Waals surface area (Å²) in [6.45, 7) is 12.0. The number of hydrogen-bond acceptors (Lipinski definition) is 3. The normalized spacial score (nSPS) is 18.5. The number of Topliss-reactive ketones (excluding diaryl/α,β-unsaturated/α-hetero) is 1. The van der Waals surface area contributed by atoms with Gasteiger partial charge in [0.2, 0.25) is 0 Å². The molecular formula is C18H27NO2. The monoisotopic (exact) mass is 289 g/mol. The van der Waals surface area contributed by atoms with Crippen LogP contribution < -0.4 is 4.74 Å². The number of piperidine rings is 1. The summed E-state index contributed by atoms with van der Waals surface area (Å²) in [5.74, 6) is 1.02. The first-order valence-electron chi connectivity index (χ1n) is 7.90. The molecule has 0 N–H and O–H groups in total. The molecule has 0 radical (unpaired) electrons. The van der Waals surface area contributed by atoms with E-state index in [1.54, 1.807) is 6.92 Å². The summed E-state index contributed by atoms with van der Waals surface area (Å²) in [4.78, 5) is 14.1. The van der Waals surface area contributed by atoms with E-state index in [4.69, 9.17) is 4.74 Å². The van der Waals surface area contributed by atoms with Gasteiger partial charge in [0.1, 0.15) is 5.75 Å². The summed E-state index contributed by atoms with van der Waals surface area (Å²) in [5, 5.41) is 0. The number of ether oxygens (including phenoxy) is 1. The lowest BCUT2D eigenvalue weighted by Gasteiger charge is -2.38. The summed E-state index contributed by atoms with van der Waals surface area (Å²) < 4.78 is 5.73. The minimum absolute atomic E-state index is 0.110. The van der Waals surface area contributed by atoms with E-state index in [1.807, 2.05) is 25.1 Å². The highest BCUT2D eigenvalue weighted by Gasteiger charge is 2.26. The van der Waals surface area contributed by atoms with Gasteiger partial charge in [-0.2, -0.15) is 0 Å². The zero-order chi connectivity index (χ0) is 15.5. The van der Waals surface area contributed by atoms with Crippen molar-refractivity contribution in [1.82, 2.24) is 4.90 Å². The van der Waals surface area contributed by atoms with E-state index in [1.165, 1.54) is 12.8 Å². The minimum Gasteiger partial charge on any atom is -0.494 e. The molecule has 21 heavy (non-hydrogen) atoms. The third-order valence-electron chi connectivity index (χ3n) is 4.14. The van der Waals surface area contributed by atoms with Crippen LogP contribution in [0.3, 0.4) is 0 Å². The van der Waals surface area contributed by atoms with Crippen molar-refractivity contribution in [3.8, 4) is 5.75 Å². The highest BCUT2D eigenvalue weighted by molar-refractivity contribution is 5.94. The van der Waals surface area contributed by atoms with Crippen molar-refractivity contribution < 1.29 is 9.53 Å². The van der Waals surface area contributed by atoms with Crippen molar-refractivity contribution in [2.24, 2.45) is 5.41 Å². The Labute approximate surface area is 128 Å². The first-order chi connectivity index (χ1) is 9.91. The molecule has 0 spiro atoms. The van der Waals surface area contributed by atoms with Crippen LogP contribution in [0.15, 0.2) is 18.2 Å². The summed E-state index contributed by atoms with van der Waals surface area (Å²) >= 11 is 0. The molecule has 0 bridgehead atoms. The molecule has 0 aliphatic carbocycles. The Morgan fingerprint density at radius 1 is 1.38 bits per heavy atom. The Morgan fingerprint density at radius 2 is 2.14 bits per heavy atom. The zero-order valence-electron chi connectivity index (χ0n) is 13.7. The van der Waals surface area contributed by atoms with E-state index in [0.717, 1.165) is 36.5 Å². The summed E-state index contributed by atoms with van der Waals surface area (Å²) in [6.07, 6.45) is 2.53. The maximum absolute atomic E-state index is 11.6. The lowest BCUT2D eigenvalue weighted by Crippen LogP contribution is -2.39. The van der Waals surface area contributed by atoms with Gasteiger partial charge in [-0.15, -0.1) is 0 Å². The molecule has 0 atom stereocenters. The van der Waals surface area contributed by atoms with Crippen molar-refractivity contribution in [2.75, 3.05) is 19.7 Å². The van der Waals surface area contributed by atoms with Gasteiger partial charge < -0.3 is 4.74 Å². The summed E-state index contributed by atoms with van der Waals surface area (Å²) in [6, 6.07) is 5.79. The van der Waals surface area contributed by atoms with Crippen LogP contribution in [-0.4, -0.2) is 30.4 Å². The maximum Gasteiger partial charge on any atom is 0.159 e. The predicted molar refractivity (Wildman–Crippen MR) is 85.9 cm³/mol. The summed E-state index contributed by atoms with van der Waals surface area (Å²) in [5.41, 5.74) is 2.27. The molecule has 1 heterocycles. The smallest absolute Gasteiger partial charge is 0.159 e. The molecule has 0 saturated carbocycles. The molecule has 0 amide bonds. The van der Waals surface area contributed by atoms with Crippen LogP contribution >= 0.6 is 0 Å². The van der Waals surface area contributed by atoms with Crippen molar-refractivity contribution in [1.29, 1.82) is 0 Å². The standard InChI is InChI=1S/C18H27NO2/c1-5-21-17-8-7-15(14(2)20)11-16(17)12-19-10-6-9-18(3,4)13-19/h7-8,11H,5-6,9-10,12-13H2,1-4H3. The van der Waals surface area contributed by atoms with Gasteiger partial charge >= 0.3 is 0 Å². The topological polar surface area (TPSA) is 29.5 Å². The van der Waals surface area contributed by atoms with Crippen LogP contribution in [0.25, 0.3) is 0 Å². The van der Waals surface area contributed by atoms with E-state index < -0.39 is 0 Å². The first-order valence-corrected chi connectivity index (χ1v) is 7.90. The molecule has 3 nitrogen and oxygen atoms in total. The average molecular weight is 289 g/mol. The molecule has 2 rings (SSSR count). The molecule has 1 aromatic carbocycles. The van der Waals surface area contributed by atoms with Crippen molar-refractivity contribution in [3.63, 3.8) is 0 Å². The summed E-state index contributed by atoms with van der Waals surface area (Å²) in [7, 11) is 0. The molecule has 116 valence electrons. The largest absolute Gasteiger partial charge is 0.494 e. The van der Waals surface area contributed by atoms with Crippen LogP contribution in [0.5, 0.6) is 5.75 Å². The molecule has 1 saturated heterocycles. The van der Waals surface area contributed by atoms with Gasteiger partial charge in [-0.05, 0) is 56.8 Å². The molecular weight excluding hydrogens is 262 g/mol. The zero-order valence-corrected chi connectivity index (χ0v) is 13.7. The van der Waals surface area contributed by atoms with Crippen molar-refractivity contribution >= 4 is 5.78 Å². The van der Waals surface area contributed by atoms with Crippen LogP contribution in [-0.2, 0) is 6.54 Å². The van der Waals surface area contributed by atoms with E-state index in [9.17, 15) is 4.79 Å². The fraction of sp³-hybridized carbons (Fsp3) is 0.611. The fourth-order valence-electron chi connectivity index (χ4n) is 3.14. The second-order valence-electron chi connectivity index (χ2n) is 6.79. The van der Waals surface area contributed by atoms with Crippen LogP contribution in [0, 0.1) is 5.41 Å². The van der Waals surface area contributed by atoms with Gasteiger partial charge in [-0.1, -0.05) is 13.8 Å². The number of hydrogen-bond donors (Lipinski definition) is 0. The molecule has 0 aromatic heterocycles. The number of carbonyl (C=O) groups is 1. The van der Waals surface area contributed by atoms with E-state index >= 15 is 0 Å². The van der Waals surface area contributed by atoms with Gasteiger partial charge in [0.25, 0.3) is 0 Å². The van der Waals surface area contributed by atoms with Crippen LogP contribution in [0.4, 0.5) is 0 Å². The van der Waals surface area contributed by atoms with Gasteiger partial charge in [0.15, 0.2) is 5.78 Å². The van der Waals surface area contributed by atoms with Crippen molar-refractivity contribution in [3.05, 3.63) is 29.3 Å². The second kappa shape index (κ2) is 6.61. The lowest BCUT2D eigenvalue weighted by molar-refractivity contribution is 0.101. The second-order valence-corrected chi connectivity index (χ2v) is 6.79. The van der Waals surface area contributed by atoms with E-state index in [0.29, 0.717) is 12.0 Å². The molecule has 1 aliphatic heterocycles. The molecule has 3 heteroatoms. The first kappa shape index (κ1) is 16.0.